The Bertz CT molecular complexity index is 246. The van der Waals surface area contributed by atoms with Gasteiger partial charge in [0.2, 0.25) is 0 Å². The number of rotatable bonds is 6. The van der Waals surface area contributed by atoms with Crippen molar-refractivity contribution in [3.8, 4) is 0 Å². The molecule has 0 atom stereocenters. The Labute approximate surface area is 126 Å². The molecule has 0 radical (unpaired) electrons. The average molecular weight is 373 g/mol. The first kappa shape index (κ1) is 17.9. The average Bonchev–Trinajstić information content (AvgIpc) is 2.38. The number of nitrogens with one attached hydrogen (secondary N) is 1. The van der Waals surface area contributed by atoms with Crippen molar-refractivity contribution in [2.45, 2.75) is 18.4 Å². The maximum Gasteiger partial charge on any atom is 0.188 e. The summed E-state index contributed by atoms with van der Waals surface area (Å²) >= 11 is 0. The highest BCUT2D eigenvalue weighted by Crippen LogP contribution is 2.24. The van der Waals surface area contributed by atoms with Gasteiger partial charge in [0.15, 0.2) is 5.96 Å². The van der Waals surface area contributed by atoms with Crippen LogP contribution in [0.2, 0.25) is 0 Å². The van der Waals surface area contributed by atoms with E-state index in [4.69, 9.17) is 19.9 Å². The third-order valence-corrected chi connectivity index (χ3v) is 2.99. The number of halogens is 1. The van der Waals surface area contributed by atoms with Crippen LogP contribution in [0, 0.1) is 0 Å². The van der Waals surface area contributed by atoms with Gasteiger partial charge in [-0.3, -0.25) is 4.99 Å². The molecule has 1 fully saturated rings. The van der Waals surface area contributed by atoms with Gasteiger partial charge in [-0.05, 0) is 0 Å². The van der Waals surface area contributed by atoms with Crippen molar-refractivity contribution in [1.82, 2.24) is 5.32 Å². The molecule has 0 aromatic heterocycles. The smallest absolute Gasteiger partial charge is 0.188 e. The summed E-state index contributed by atoms with van der Waals surface area (Å²) in [6, 6.07) is 0. The van der Waals surface area contributed by atoms with E-state index < -0.39 is 0 Å². The molecule has 1 rings (SSSR count). The fraction of sp³-hybridized carbons (Fsp3) is 0.909. The molecule has 0 spiro atoms. The molecular weight excluding hydrogens is 349 g/mol. The Morgan fingerprint density at radius 1 is 1.39 bits per heavy atom. The summed E-state index contributed by atoms with van der Waals surface area (Å²) in [5.41, 5.74) is 5.53. The van der Waals surface area contributed by atoms with Gasteiger partial charge in [0.05, 0.1) is 18.8 Å². The fourth-order valence-electron chi connectivity index (χ4n) is 1.74. The van der Waals surface area contributed by atoms with Gasteiger partial charge in [-0.2, -0.15) is 0 Å². The monoisotopic (exact) mass is 373 g/mol. The fourth-order valence-corrected chi connectivity index (χ4v) is 1.74. The van der Waals surface area contributed by atoms with Gasteiger partial charge in [-0.25, -0.2) is 0 Å². The van der Waals surface area contributed by atoms with Crippen LogP contribution < -0.4 is 11.1 Å². The SMILES string of the molecule is COCCNC(N)=NCC1(OC)CCOCC1.I. The lowest BCUT2D eigenvalue weighted by Gasteiger charge is -2.34. The minimum Gasteiger partial charge on any atom is -0.383 e. The Hall–Kier alpha value is -0.120. The van der Waals surface area contributed by atoms with Crippen molar-refractivity contribution in [2.75, 3.05) is 47.1 Å². The van der Waals surface area contributed by atoms with Crippen LogP contribution in [0.1, 0.15) is 12.8 Å². The van der Waals surface area contributed by atoms with E-state index in [1.54, 1.807) is 14.2 Å². The first-order valence-electron chi connectivity index (χ1n) is 5.88. The first-order chi connectivity index (χ1) is 8.22. The lowest BCUT2D eigenvalue weighted by Crippen LogP contribution is -2.43. The Kier molecular flexibility index (Phi) is 9.70. The number of aliphatic imine (C=N–C) groups is 1. The molecule has 1 saturated heterocycles. The van der Waals surface area contributed by atoms with Crippen LogP contribution in [0.25, 0.3) is 0 Å². The predicted octanol–water partition coefficient (Wildman–Crippen LogP) is 0.351. The number of hydrogen-bond acceptors (Lipinski definition) is 4. The molecule has 6 nitrogen and oxygen atoms in total. The largest absolute Gasteiger partial charge is 0.383 e. The van der Waals surface area contributed by atoms with Gasteiger partial charge in [0.1, 0.15) is 0 Å². The molecule has 0 bridgehead atoms. The van der Waals surface area contributed by atoms with Crippen LogP contribution in [0.5, 0.6) is 0 Å². The number of ether oxygens (including phenoxy) is 3. The zero-order valence-electron chi connectivity index (χ0n) is 11.1. The molecule has 108 valence electrons. The second-order valence-electron chi connectivity index (χ2n) is 4.12. The molecule has 0 saturated carbocycles. The van der Waals surface area contributed by atoms with E-state index in [9.17, 15) is 0 Å². The van der Waals surface area contributed by atoms with Crippen LogP contribution in [0.15, 0.2) is 4.99 Å². The predicted molar refractivity (Wildman–Crippen MR) is 81.6 cm³/mol. The van der Waals surface area contributed by atoms with Crippen LogP contribution in [-0.2, 0) is 14.2 Å². The van der Waals surface area contributed by atoms with E-state index in [1.165, 1.54) is 0 Å². The Morgan fingerprint density at radius 2 is 2.06 bits per heavy atom. The summed E-state index contributed by atoms with van der Waals surface area (Å²) in [4.78, 5) is 4.31. The van der Waals surface area contributed by atoms with Crippen LogP contribution in [0.4, 0.5) is 0 Å². The highest BCUT2D eigenvalue weighted by Gasteiger charge is 2.32. The van der Waals surface area contributed by atoms with E-state index in [2.05, 4.69) is 10.3 Å². The lowest BCUT2D eigenvalue weighted by atomic mass is 9.94. The summed E-state index contributed by atoms with van der Waals surface area (Å²) < 4.78 is 15.8. The van der Waals surface area contributed by atoms with Crippen molar-refractivity contribution < 1.29 is 14.2 Å². The van der Waals surface area contributed by atoms with E-state index in [-0.39, 0.29) is 29.6 Å². The molecule has 0 unspecified atom stereocenters. The summed E-state index contributed by atoms with van der Waals surface area (Å²) in [6.45, 7) is 3.29. The van der Waals surface area contributed by atoms with Gasteiger partial charge in [-0.15, -0.1) is 24.0 Å². The molecule has 1 heterocycles. The van der Waals surface area contributed by atoms with E-state index in [0.29, 0.717) is 25.7 Å². The van der Waals surface area contributed by atoms with Crippen molar-refractivity contribution in [1.29, 1.82) is 0 Å². The molecular formula is C11H24IN3O3. The molecule has 3 N–H and O–H groups in total. The zero-order chi connectivity index (χ0) is 12.6. The van der Waals surface area contributed by atoms with Crippen LogP contribution in [-0.4, -0.2) is 58.7 Å². The van der Waals surface area contributed by atoms with Crippen molar-refractivity contribution in [2.24, 2.45) is 10.7 Å². The first-order valence-corrected chi connectivity index (χ1v) is 5.88. The van der Waals surface area contributed by atoms with Crippen LogP contribution in [0.3, 0.4) is 0 Å². The van der Waals surface area contributed by atoms with Gasteiger partial charge >= 0.3 is 0 Å². The summed E-state index contributed by atoms with van der Waals surface area (Å²) in [7, 11) is 3.37. The van der Waals surface area contributed by atoms with Crippen molar-refractivity contribution in [3.63, 3.8) is 0 Å². The Morgan fingerprint density at radius 3 is 2.61 bits per heavy atom. The van der Waals surface area contributed by atoms with Crippen LogP contribution >= 0.6 is 24.0 Å². The van der Waals surface area contributed by atoms with Crippen molar-refractivity contribution >= 4 is 29.9 Å². The minimum absolute atomic E-state index is 0. The maximum absolute atomic E-state index is 5.74. The molecule has 18 heavy (non-hydrogen) atoms. The van der Waals surface area contributed by atoms with Gasteiger partial charge in [0.25, 0.3) is 0 Å². The third-order valence-electron chi connectivity index (χ3n) is 2.99. The summed E-state index contributed by atoms with van der Waals surface area (Å²) in [6.07, 6.45) is 1.72. The number of hydrogen-bond donors (Lipinski definition) is 2. The summed E-state index contributed by atoms with van der Waals surface area (Å²) in [5, 5.41) is 2.98. The van der Waals surface area contributed by atoms with Gasteiger partial charge in [-0.1, -0.05) is 0 Å². The van der Waals surface area contributed by atoms with Crippen molar-refractivity contribution in [3.05, 3.63) is 0 Å². The highest BCUT2D eigenvalue weighted by molar-refractivity contribution is 14.0. The topological polar surface area (TPSA) is 78.1 Å². The molecule has 1 aliphatic heterocycles. The van der Waals surface area contributed by atoms with E-state index in [0.717, 1.165) is 26.1 Å². The molecule has 0 aromatic carbocycles. The number of guanidine groups is 1. The van der Waals surface area contributed by atoms with Gasteiger partial charge < -0.3 is 25.3 Å². The molecule has 0 aromatic rings. The number of nitrogens with two attached hydrogens (primary N) is 1. The highest BCUT2D eigenvalue weighted by atomic mass is 127. The van der Waals surface area contributed by atoms with Gasteiger partial charge in [0, 0.05) is 46.8 Å². The molecule has 7 heteroatoms. The second kappa shape index (κ2) is 9.76. The Balaban J connectivity index is 0.00000289. The normalized spacial score (nSPS) is 19.1. The third kappa shape index (κ3) is 6.17. The standard InChI is InChI=1S/C11H23N3O3.HI/c1-15-8-5-13-10(12)14-9-11(16-2)3-6-17-7-4-11;/h3-9H2,1-2H3,(H3,12,13,14);1H. The molecule has 1 aliphatic rings. The van der Waals surface area contributed by atoms with E-state index in [1.807, 2.05) is 0 Å². The quantitative estimate of drug-likeness (QED) is 0.304. The number of nitrogens with zero attached hydrogens (tertiary/aromatic N) is 1. The maximum atomic E-state index is 5.74. The number of methoxy groups -OCH3 is 2. The zero-order valence-corrected chi connectivity index (χ0v) is 13.4. The summed E-state index contributed by atoms with van der Waals surface area (Å²) in [5.74, 6) is 0.435. The lowest BCUT2D eigenvalue weighted by molar-refractivity contribution is -0.0828. The van der Waals surface area contributed by atoms with E-state index >= 15 is 0 Å². The second-order valence-corrected chi connectivity index (χ2v) is 4.12. The molecule has 0 amide bonds. The molecule has 0 aliphatic carbocycles. The minimum atomic E-state index is -0.216.